The second-order valence-electron chi connectivity index (χ2n) is 7.34. The Morgan fingerprint density at radius 2 is 1.59 bits per heavy atom. The number of para-hydroxylation sites is 1. The van der Waals surface area contributed by atoms with Crippen molar-refractivity contribution in [2.45, 2.75) is 0 Å². The van der Waals surface area contributed by atoms with Crippen molar-refractivity contribution >= 4 is 28.4 Å². The molecule has 9 heteroatoms. The van der Waals surface area contributed by atoms with E-state index in [2.05, 4.69) is 20.3 Å². The van der Waals surface area contributed by atoms with Crippen molar-refractivity contribution in [3.63, 3.8) is 0 Å². The molecule has 0 unspecified atom stereocenters. The number of anilines is 2. The molecule has 0 amide bonds. The molecule has 2 N–H and O–H groups in total. The van der Waals surface area contributed by atoms with Crippen LogP contribution in [0, 0.1) is 10.1 Å². The van der Waals surface area contributed by atoms with E-state index in [1.807, 2.05) is 42.5 Å². The highest BCUT2D eigenvalue weighted by Gasteiger charge is 2.13. The van der Waals surface area contributed by atoms with Crippen molar-refractivity contribution in [1.29, 1.82) is 0 Å². The average Bonchev–Trinajstić information content (AvgIpc) is 2.85. The zero-order valence-corrected chi connectivity index (χ0v) is 17.6. The van der Waals surface area contributed by atoms with Gasteiger partial charge in [0.25, 0.3) is 11.2 Å². The number of benzene rings is 3. The van der Waals surface area contributed by atoms with Crippen LogP contribution in [0.4, 0.5) is 17.3 Å². The number of aromatic amines is 1. The minimum Gasteiger partial charge on any atom is -0.457 e. The fraction of sp³-hybridized carbons (Fsp3) is 0. The van der Waals surface area contributed by atoms with Crippen molar-refractivity contribution in [3.05, 3.63) is 112 Å². The van der Waals surface area contributed by atoms with E-state index in [1.54, 1.807) is 36.5 Å². The Hall–Kier alpha value is -5.05. The summed E-state index contributed by atoms with van der Waals surface area (Å²) in [4.78, 5) is 34.8. The molecule has 0 atom stereocenters. The van der Waals surface area contributed by atoms with Crippen LogP contribution in [0.1, 0.15) is 0 Å². The standard InChI is InChI=1S/C25H17N5O4/c31-24-22-21(16-6-10-18(11-7-16)30(32)33)14-15-26-23(22)28-25(29-24)27-17-8-12-20(13-9-17)34-19-4-2-1-3-5-19/h1-15H,(H2,26,27,28,29,31). The summed E-state index contributed by atoms with van der Waals surface area (Å²) in [5.41, 5.74) is 1.79. The predicted molar refractivity (Wildman–Crippen MR) is 128 cm³/mol. The molecule has 5 rings (SSSR count). The Kier molecular flexibility index (Phi) is 5.41. The molecule has 0 radical (unpaired) electrons. The van der Waals surface area contributed by atoms with Gasteiger partial charge in [-0.3, -0.25) is 19.9 Å². The molecule has 0 aliphatic carbocycles. The van der Waals surface area contributed by atoms with Gasteiger partial charge in [0.2, 0.25) is 5.95 Å². The molecular weight excluding hydrogens is 434 g/mol. The summed E-state index contributed by atoms with van der Waals surface area (Å²) in [7, 11) is 0. The summed E-state index contributed by atoms with van der Waals surface area (Å²) >= 11 is 0. The van der Waals surface area contributed by atoms with E-state index in [-0.39, 0.29) is 22.8 Å². The van der Waals surface area contributed by atoms with Crippen LogP contribution in [-0.4, -0.2) is 19.9 Å². The highest BCUT2D eigenvalue weighted by atomic mass is 16.6. The molecule has 0 saturated heterocycles. The summed E-state index contributed by atoms with van der Waals surface area (Å²) in [6, 6.07) is 24.3. The van der Waals surface area contributed by atoms with Crippen LogP contribution in [0.25, 0.3) is 22.2 Å². The van der Waals surface area contributed by atoms with Crippen LogP contribution in [-0.2, 0) is 0 Å². The lowest BCUT2D eigenvalue weighted by molar-refractivity contribution is -0.384. The van der Waals surface area contributed by atoms with Gasteiger partial charge in [-0.1, -0.05) is 18.2 Å². The number of aromatic nitrogens is 3. The third-order valence-corrected chi connectivity index (χ3v) is 5.09. The van der Waals surface area contributed by atoms with Gasteiger partial charge in [-0.15, -0.1) is 0 Å². The lowest BCUT2D eigenvalue weighted by Crippen LogP contribution is -2.13. The van der Waals surface area contributed by atoms with Crippen LogP contribution in [0.2, 0.25) is 0 Å². The minimum absolute atomic E-state index is 0.0270. The number of fused-ring (bicyclic) bond motifs is 1. The number of non-ortho nitro benzene ring substituents is 1. The van der Waals surface area contributed by atoms with Gasteiger partial charge in [0.15, 0.2) is 5.65 Å². The van der Waals surface area contributed by atoms with E-state index in [0.29, 0.717) is 28.0 Å². The fourth-order valence-electron chi connectivity index (χ4n) is 3.49. The van der Waals surface area contributed by atoms with E-state index in [1.165, 1.54) is 12.1 Å². The van der Waals surface area contributed by atoms with Gasteiger partial charge < -0.3 is 10.1 Å². The Bertz CT molecular complexity index is 1530. The van der Waals surface area contributed by atoms with Gasteiger partial charge >= 0.3 is 0 Å². The first kappa shape index (κ1) is 20.8. The first-order valence-corrected chi connectivity index (χ1v) is 10.3. The third kappa shape index (κ3) is 4.30. The van der Waals surface area contributed by atoms with E-state index >= 15 is 0 Å². The normalized spacial score (nSPS) is 10.7. The fourth-order valence-corrected chi connectivity index (χ4v) is 3.49. The van der Waals surface area contributed by atoms with Crippen molar-refractivity contribution in [3.8, 4) is 22.6 Å². The Balaban J connectivity index is 1.41. The highest BCUT2D eigenvalue weighted by Crippen LogP contribution is 2.27. The number of nitro benzene ring substituents is 1. The van der Waals surface area contributed by atoms with E-state index in [4.69, 9.17) is 4.74 Å². The van der Waals surface area contributed by atoms with Crippen LogP contribution < -0.4 is 15.6 Å². The van der Waals surface area contributed by atoms with Gasteiger partial charge in [0.05, 0.1) is 10.3 Å². The number of pyridine rings is 1. The number of nitrogens with zero attached hydrogens (tertiary/aromatic N) is 3. The largest absolute Gasteiger partial charge is 0.457 e. The molecule has 2 aromatic heterocycles. The van der Waals surface area contributed by atoms with Crippen molar-refractivity contribution in [2.24, 2.45) is 0 Å². The zero-order chi connectivity index (χ0) is 23.5. The van der Waals surface area contributed by atoms with Crippen molar-refractivity contribution < 1.29 is 9.66 Å². The summed E-state index contributed by atoms with van der Waals surface area (Å²) < 4.78 is 5.79. The zero-order valence-electron chi connectivity index (χ0n) is 17.6. The van der Waals surface area contributed by atoms with Gasteiger partial charge in [0, 0.05) is 24.0 Å². The lowest BCUT2D eigenvalue weighted by atomic mass is 10.0. The number of ether oxygens (including phenoxy) is 1. The lowest BCUT2D eigenvalue weighted by Gasteiger charge is -2.10. The first-order valence-electron chi connectivity index (χ1n) is 10.3. The van der Waals surface area contributed by atoms with E-state index in [0.717, 1.165) is 5.75 Å². The molecule has 0 aliphatic heterocycles. The summed E-state index contributed by atoms with van der Waals surface area (Å²) in [6.07, 6.45) is 1.55. The topological polar surface area (TPSA) is 123 Å². The van der Waals surface area contributed by atoms with E-state index < -0.39 is 4.92 Å². The number of rotatable bonds is 6. The molecule has 0 aliphatic rings. The molecule has 3 aromatic carbocycles. The van der Waals surface area contributed by atoms with Crippen LogP contribution in [0.3, 0.4) is 0 Å². The smallest absolute Gasteiger partial charge is 0.269 e. The number of nitro groups is 1. The Morgan fingerprint density at radius 1 is 0.882 bits per heavy atom. The number of nitrogens with one attached hydrogen (secondary N) is 2. The highest BCUT2D eigenvalue weighted by molar-refractivity contribution is 5.92. The maximum Gasteiger partial charge on any atom is 0.269 e. The summed E-state index contributed by atoms with van der Waals surface area (Å²) in [5, 5.41) is 14.3. The van der Waals surface area contributed by atoms with E-state index in [9.17, 15) is 14.9 Å². The molecule has 0 bridgehead atoms. The maximum absolute atomic E-state index is 12.9. The molecule has 166 valence electrons. The number of hydrogen-bond donors (Lipinski definition) is 2. The first-order chi connectivity index (χ1) is 16.6. The molecule has 5 aromatic rings. The summed E-state index contributed by atoms with van der Waals surface area (Å²) in [6.45, 7) is 0. The molecule has 9 nitrogen and oxygen atoms in total. The second-order valence-corrected chi connectivity index (χ2v) is 7.34. The Labute approximate surface area is 192 Å². The predicted octanol–water partition coefficient (Wildman–Crippen LogP) is 5.43. The molecule has 34 heavy (non-hydrogen) atoms. The van der Waals surface area contributed by atoms with Crippen LogP contribution in [0.5, 0.6) is 11.5 Å². The third-order valence-electron chi connectivity index (χ3n) is 5.09. The van der Waals surface area contributed by atoms with Gasteiger partial charge in [0.1, 0.15) is 11.5 Å². The minimum atomic E-state index is -0.471. The summed E-state index contributed by atoms with van der Waals surface area (Å²) in [5.74, 6) is 1.65. The molecule has 0 spiro atoms. The second kappa shape index (κ2) is 8.83. The molecule has 0 fully saturated rings. The van der Waals surface area contributed by atoms with Crippen LogP contribution in [0.15, 0.2) is 95.9 Å². The SMILES string of the molecule is O=c1[nH]c(Nc2ccc(Oc3ccccc3)cc2)nc2nccc(-c3ccc([N+](=O)[O-])cc3)c12. The molecule has 2 heterocycles. The van der Waals surface area contributed by atoms with Crippen molar-refractivity contribution in [1.82, 2.24) is 15.0 Å². The van der Waals surface area contributed by atoms with Crippen molar-refractivity contribution in [2.75, 3.05) is 5.32 Å². The quantitative estimate of drug-likeness (QED) is 0.261. The van der Waals surface area contributed by atoms with Gasteiger partial charge in [-0.25, -0.2) is 4.98 Å². The molecule has 0 saturated carbocycles. The Morgan fingerprint density at radius 3 is 2.29 bits per heavy atom. The molecular formula is C25H17N5O4. The maximum atomic E-state index is 12.9. The van der Waals surface area contributed by atoms with Gasteiger partial charge in [-0.05, 0) is 65.7 Å². The van der Waals surface area contributed by atoms with Crippen LogP contribution >= 0.6 is 0 Å². The average molecular weight is 451 g/mol. The monoisotopic (exact) mass is 451 g/mol. The number of H-pyrrole nitrogens is 1. The van der Waals surface area contributed by atoms with Gasteiger partial charge in [-0.2, -0.15) is 4.98 Å². The number of hydrogen-bond acceptors (Lipinski definition) is 7.